The van der Waals surface area contributed by atoms with E-state index in [4.69, 9.17) is 5.10 Å². The van der Waals surface area contributed by atoms with Gasteiger partial charge in [0.2, 0.25) is 5.91 Å². The maximum absolute atomic E-state index is 12.9. The van der Waals surface area contributed by atoms with E-state index in [1.165, 1.54) is 5.56 Å². The first-order chi connectivity index (χ1) is 16.3. The largest absolute Gasteiger partial charge is 0.368 e. The number of nitrogens with zero attached hydrogens (tertiary/aromatic N) is 5. The van der Waals surface area contributed by atoms with Crippen LogP contribution in [0.4, 0.5) is 5.69 Å². The molecule has 3 aromatic heterocycles. The van der Waals surface area contributed by atoms with E-state index < -0.39 is 0 Å². The number of benzene rings is 1. The Bertz CT molecular complexity index is 1210. The molecule has 0 N–H and O–H groups in total. The summed E-state index contributed by atoms with van der Waals surface area (Å²) in [7, 11) is 0. The summed E-state index contributed by atoms with van der Waals surface area (Å²) in [6, 6.07) is 18.4. The molecular formula is C26H25N5OS. The molecule has 1 amide bonds. The van der Waals surface area contributed by atoms with Crippen molar-refractivity contribution in [3.63, 3.8) is 0 Å². The second kappa shape index (κ2) is 9.83. The van der Waals surface area contributed by atoms with Gasteiger partial charge >= 0.3 is 0 Å². The maximum Gasteiger partial charge on any atom is 0.246 e. The van der Waals surface area contributed by atoms with Gasteiger partial charge in [0.15, 0.2) is 0 Å². The molecule has 4 heterocycles. The SMILES string of the molecule is O=C(/C=C/c1cn(Cc2ccccc2)nc1-c1cccs1)N1CCN(c2ccncc2)CC1. The van der Waals surface area contributed by atoms with Gasteiger partial charge in [0, 0.05) is 62.1 Å². The van der Waals surface area contributed by atoms with Gasteiger partial charge in [-0.1, -0.05) is 36.4 Å². The lowest BCUT2D eigenvalue weighted by Crippen LogP contribution is -2.48. The van der Waals surface area contributed by atoms with Crippen LogP contribution in [0.2, 0.25) is 0 Å². The van der Waals surface area contributed by atoms with Crippen LogP contribution in [0.15, 0.2) is 84.6 Å². The number of thiophene rings is 1. The van der Waals surface area contributed by atoms with Crippen molar-refractivity contribution in [3.8, 4) is 10.6 Å². The van der Waals surface area contributed by atoms with Crippen molar-refractivity contribution in [2.45, 2.75) is 6.54 Å². The van der Waals surface area contributed by atoms with E-state index in [1.807, 2.05) is 63.6 Å². The third kappa shape index (κ3) is 5.04. The molecule has 0 spiro atoms. The number of carbonyl (C=O) groups is 1. The highest BCUT2D eigenvalue weighted by atomic mass is 32.1. The van der Waals surface area contributed by atoms with Crippen molar-refractivity contribution >= 4 is 29.0 Å². The van der Waals surface area contributed by atoms with Crippen molar-refractivity contribution < 1.29 is 4.79 Å². The first-order valence-electron chi connectivity index (χ1n) is 11.0. The molecule has 1 fully saturated rings. The van der Waals surface area contributed by atoms with Crippen LogP contribution in [0.25, 0.3) is 16.6 Å². The quantitative estimate of drug-likeness (QED) is 0.404. The Balaban J connectivity index is 1.29. The van der Waals surface area contributed by atoms with Gasteiger partial charge in [0.1, 0.15) is 5.69 Å². The van der Waals surface area contributed by atoms with Crippen LogP contribution < -0.4 is 4.90 Å². The molecule has 0 bridgehead atoms. The fraction of sp³-hybridized carbons (Fsp3) is 0.192. The highest BCUT2D eigenvalue weighted by molar-refractivity contribution is 7.13. The molecule has 6 nitrogen and oxygen atoms in total. The second-order valence-electron chi connectivity index (χ2n) is 7.94. The number of anilines is 1. The number of carbonyl (C=O) groups excluding carboxylic acids is 1. The Morgan fingerprint density at radius 3 is 2.48 bits per heavy atom. The fourth-order valence-electron chi connectivity index (χ4n) is 4.02. The van der Waals surface area contributed by atoms with Crippen LogP contribution in [0, 0.1) is 0 Å². The lowest BCUT2D eigenvalue weighted by molar-refractivity contribution is -0.126. The van der Waals surface area contributed by atoms with Crippen LogP contribution in [-0.4, -0.2) is 51.8 Å². The van der Waals surface area contributed by atoms with E-state index >= 15 is 0 Å². The normalized spacial score (nSPS) is 14.2. The van der Waals surface area contributed by atoms with E-state index in [0.717, 1.165) is 34.9 Å². The van der Waals surface area contributed by atoms with Gasteiger partial charge in [-0.15, -0.1) is 11.3 Å². The highest BCUT2D eigenvalue weighted by Gasteiger charge is 2.20. The zero-order valence-electron chi connectivity index (χ0n) is 18.2. The molecule has 1 aliphatic heterocycles. The topological polar surface area (TPSA) is 54.3 Å². The first-order valence-corrected chi connectivity index (χ1v) is 11.9. The molecule has 33 heavy (non-hydrogen) atoms. The standard InChI is InChI=1S/C26H25N5OS/c32-25(30-16-14-29(15-17-30)23-10-12-27-13-11-23)9-8-22-20-31(19-21-5-2-1-3-6-21)28-26(22)24-7-4-18-33-24/h1-13,18,20H,14-17,19H2/b9-8+. The van der Waals surface area contributed by atoms with Gasteiger partial charge in [-0.2, -0.15) is 5.10 Å². The molecule has 1 saturated heterocycles. The smallest absolute Gasteiger partial charge is 0.246 e. The average molecular weight is 456 g/mol. The summed E-state index contributed by atoms with van der Waals surface area (Å²) < 4.78 is 1.95. The Morgan fingerprint density at radius 1 is 0.970 bits per heavy atom. The molecule has 166 valence electrons. The second-order valence-corrected chi connectivity index (χ2v) is 8.89. The maximum atomic E-state index is 12.9. The third-order valence-corrected chi connectivity index (χ3v) is 6.63. The molecule has 0 atom stereocenters. The number of hydrogen-bond donors (Lipinski definition) is 0. The monoisotopic (exact) mass is 455 g/mol. The summed E-state index contributed by atoms with van der Waals surface area (Å²) >= 11 is 1.66. The van der Waals surface area contributed by atoms with E-state index in [2.05, 4.69) is 28.1 Å². The summed E-state index contributed by atoms with van der Waals surface area (Å²) in [6.07, 6.45) is 9.22. The predicted octanol–water partition coefficient (Wildman–Crippen LogP) is 4.42. The zero-order chi connectivity index (χ0) is 22.5. The van der Waals surface area contributed by atoms with Crippen molar-refractivity contribution in [1.82, 2.24) is 19.7 Å². The molecular weight excluding hydrogens is 430 g/mol. The van der Waals surface area contributed by atoms with Crippen molar-refractivity contribution in [3.05, 3.63) is 95.8 Å². The summed E-state index contributed by atoms with van der Waals surface area (Å²) in [4.78, 5) is 22.3. The van der Waals surface area contributed by atoms with Gasteiger partial charge in [0.25, 0.3) is 0 Å². The molecule has 0 unspecified atom stereocenters. The number of rotatable bonds is 6. The fourth-order valence-corrected chi connectivity index (χ4v) is 4.75. The number of hydrogen-bond acceptors (Lipinski definition) is 5. The molecule has 0 radical (unpaired) electrons. The van der Waals surface area contributed by atoms with Crippen LogP contribution >= 0.6 is 11.3 Å². The van der Waals surface area contributed by atoms with Gasteiger partial charge in [-0.25, -0.2) is 0 Å². The summed E-state index contributed by atoms with van der Waals surface area (Å²) in [6.45, 7) is 3.74. The Morgan fingerprint density at radius 2 is 1.76 bits per heavy atom. The number of aromatic nitrogens is 3. The van der Waals surface area contributed by atoms with Crippen molar-refractivity contribution in [2.75, 3.05) is 31.1 Å². The van der Waals surface area contributed by atoms with Crippen LogP contribution in [-0.2, 0) is 11.3 Å². The zero-order valence-corrected chi connectivity index (χ0v) is 19.1. The van der Waals surface area contributed by atoms with E-state index in [-0.39, 0.29) is 5.91 Å². The molecule has 0 aliphatic carbocycles. The first kappa shape index (κ1) is 21.2. The summed E-state index contributed by atoms with van der Waals surface area (Å²) in [5, 5.41) is 6.87. The minimum atomic E-state index is 0.0392. The lowest BCUT2D eigenvalue weighted by atomic mass is 10.2. The van der Waals surface area contributed by atoms with Crippen LogP contribution in [0.3, 0.4) is 0 Å². The Kier molecular flexibility index (Phi) is 6.30. The Labute approximate surface area is 197 Å². The van der Waals surface area contributed by atoms with Crippen LogP contribution in [0.1, 0.15) is 11.1 Å². The minimum absolute atomic E-state index is 0.0392. The summed E-state index contributed by atoms with van der Waals surface area (Å²) in [5.41, 5.74) is 4.21. The summed E-state index contributed by atoms with van der Waals surface area (Å²) in [5.74, 6) is 0.0392. The van der Waals surface area contributed by atoms with Gasteiger partial charge in [0.05, 0.1) is 11.4 Å². The van der Waals surface area contributed by atoms with Crippen LogP contribution in [0.5, 0.6) is 0 Å². The van der Waals surface area contributed by atoms with E-state index in [9.17, 15) is 4.79 Å². The molecule has 0 saturated carbocycles. The third-order valence-electron chi connectivity index (χ3n) is 5.76. The molecule has 7 heteroatoms. The number of pyridine rings is 1. The van der Waals surface area contributed by atoms with E-state index in [0.29, 0.717) is 19.6 Å². The van der Waals surface area contributed by atoms with Crippen molar-refractivity contribution in [2.24, 2.45) is 0 Å². The van der Waals surface area contributed by atoms with Gasteiger partial charge in [-0.05, 0) is 35.2 Å². The molecule has 4 aromatic rings. The highest BCUT2D eigenvalue weighted by Crippen LogP contribution is 2.28. The van der Waals surface area contributed by atoms with Crippen molar-refractivity contribution in [1.29, 1.82) is 0 Å². The molecule has 1 aliphatic rings. The van der Waals surface area contributed by atoms with Gasteiger partial charge < -0.3 is 9.80 Å². The molecule has 5 rings (SSSR count). The lowest BCUT2D eigenvalue weighted by Gasteiger charge is -2.35. The Hall–Kier alpha value is -3.71. The number of piperazine rings is 1. The average Bonchev–Trinajstić information content (AvgIpc) is 3.54. The predicted molar refractivity (Wildman–Crippen MR) is 133 cm³/mol. The minimum Gasteiger partial charge on any atom is -0.368 e. The van der Waals surface area contributed by atoms with Gasteiger partial charge in [-0.3, -0.25) is 14.5 Å². The number of amides is 1. The van der Waals surface area contributed by atoms with E-state index in [1.54, 1.807) is 29.8 Å². The molecule has 1 aromatic carbocycles.